The van der Waals surface area contributed by atoms with Crippen LogP contribution in [-0.4, -0.2) is 10.9 Å². The van der Waals surface area contributed by atoms with Gasteiger partial charge in [-0.25, -0.2) is 0 Å². The van der Waals surface area contributed by atoms with Crippen LogP contribution in [0.2, 0.25) is 5.02 Å². The molecule has 4 rings (SSSR count). The third kappa shape index (κ3) is 3.01. The molecule has 0 heterocycles. The summed E-state index contributed by atoms with van der Waals surface area (Å²) in [5, 5.41) is 11.4. The number of aliphatic hydroxyl groups is 1. The zero-order valence-corrected chi connectivity index (χ0v) is 15.4. The number of halogens is 1. The Morgan fingerprint density at radius 3 is 2.50 bits per heavy atom. The fraction of sp³-hybridized carbons (Fsp3) is 0.318. The smallest absolute Gasteiger partial charge is 0.169 e. The third-order valence-corrected chi connectivity index (χ3v) is 5.73. The second-order valence-electron chi connectivity index (χ2n) is 7.06. The summed E-state index contributed by atoms with van der Waals surface area (Å²) in [5.41, 5.74) is 2.35. The van der Waals surface area contributed by atoms with Crippen molar-refractivity contribution in [3.05, 3.63) is 64.4 Å². The van der Waals surface area contributed by atoms with Crippen LogP contribution in [-0.2, 0) is 11.2 Å². The van der Waals surface area contributed by atoms with E-state index in [1.165, 1.54) is 0 Å². The van der Waals surface area contributed by atoms with Gasteiger partial charge < -0.3 is 9.84 Å². The van der Waals surface area contributed by atoms with Gasteiger partial charge >= 0.3 is 0 Å². The van der Waals surface area contributed by atoms with Crippen LogP contribution in [0, 0.1) is 11.8 Å². The van der Waals surface area contributed by atoms with Crippen LogP contribution < -0.4 is 4.74 Å². The van der Waals surface area contributed by atoms with Crippen molar-refractivity contribution in [3.63, 3.8) is 0 Å². The minimum atomic E-state index is 0.0523. The monoisotopic (exact) mass is 368 g/mol. The molecule has 0 saturated heterocycles. The standard InChI is InChI=1S/C22H21ClO3/c1-2-13-5-8-18(26-17-9-6-16(23)7-10-17)12-19(13)20-21(24)14-3-4-15(11-14)22(20)25/h5-10,12,14-15,24H,2-4,11H2,1H3/t14-,15+/m1/s1. The maximum Gasteiger partial charge on any atom is 0.169 e. The first-order valence-electron chi connectivity index (χ1n) is 9.11. The van der Waals surface area contributed by atoms with E-state index in [9.17, 15) is 9.90 Å². The van der Waals surface area contributed by atoms with Gasteiger partial charge in [-0.15, -0.1) is 0 Å². The molecule has 2 aliphatic rings. The van der Waals surface area contributed by atoms with Gasteiger partial charge in [0.15, 0.2) is 5.78 Å². The summed E-state index contributed by atoms with van der Waals surface area (Å²) in [6.07, 6.45) is 3.35. The number of rotatable bonds is 4. The number of benzene rings is 2. The van der Waals surface area contributed by atoms with E-state index in [1.54, 1.807) is 24.3 Å². The number of hydrogen-bond donors (Lipinski definition) is 1. The zero-order chi connectivity index (χ0) is 18.3. The molecule has 2 bridgehead atoms. The van der Waals surface area contributed by atoms with Crippen LogP contribution in [0.4, 0.5) is 0 Å². The molecule has 2 aliphatic carbocycles. The van der Waals surface area contributed by atoms with Crippen molar-refractivity contribution in [2.45, 2.75) is 32.6 Å². The Hall–Kier alpha value is -2.26. The number of fused-ring (bicyclic) bond motifs is 2. The van der Waals surface area contributed by atoms with Gasteiger partial charge in [0.25, 0.3) is 0 Å². The van der Waals surface area contributed by atoms with Gasteiger partial charge in [0.2, 0.25) is 0 Å². The fourth-order valence-electron chi connectivity index (χ4n) is 4.07. The van der Waals surface area contributed by atoms with E-state index in [0.29, 0.717) is 22.1 Å². The fourth-order valence-corrected chi connectivity index (χ4v) is 4.20. The molecule has 0 aliphatic heterocycles. The number of ether oxygens (including phenoxy) is 1. The van der Waals surface area contributed by atoms with E-state index in [1.807, 2.05) is 18.2 Å². The van der Waals surface area contributed by atoms with E-state index in [0.717, 1.165) is 36.8 Å². The number of aryl methyl sites for hydroxylation is 1. The summed E-state index contributed by atoms with van der Waals surface area (Å²) < 4.78 is 5.93. The molecule has 0 radical (unpaired) electrons. The molecule has 26 heavy (non-hydrogen) atoms. The maximum absolute atomic E-state index is 12.9. The van der Waals surface area contributed by atoms with Gasteiger partial charge in [0.05, 0.1) is 5.57 Å². The summed E-state index contributed by atoms with van der Waals surface area (Å²) in [4.78, 5) is 12.9. The lowest BCUT2D eigenvalue weighted by Crippen LogP contribution is -2.21. The Morgan fingerprint density at radius 2 is 1.77 bits per heavy atom. The Balaban J connectivity index is 1.74. The Bertz CT molecular complexity index is 883. The molecule has 134 valence electrons. The van der Waals surface area contributed by atoms with Gasteiger partial charge in [-0.3, -0.25) is 4.79 Å². The van der Waals surface area contributed by atoms with Gasteiger partial charge in [-0.2, -0.15) is 0 Å². The lowest BCUT2D eigenvalue weighted by molar-refractivity contribution is -0.117. The number of carbonyl (C=O) groups excluding carboxylic acids is 1. The summed E-state index contributed by atoms with van der Waals surface area (Å²) in [5.74, 6) is 1.84. The van der Waals surface area contributed by atoms with Crippen molar-refractivity contribution < 1.29 is 14.6 Å². The van der Waals surface area contributed by atoms with Crippen molar-refractivity contribution >= 4 is 23.0 Å². The van der Waals surface area contributed by atoms with Gasteiger partial charge in [0, 0.05) is 16.9 Å². The average Bonchev–Trinajstić information content (AvgIpc) is 3.10. The Morgan fingerprint density at radius 1 is 1.08 bits per heavy atom. The first-order valence-corrected chi connectivity index (χ1v) is 9.48. The zero-order valence-electron chi connectivity index (χ0n) is 14.7. The van der Waals surface area contributed by atoms with Gasteiger partial charge in [0.1, 0.15) is 17.3 Å². The molecule has 4 heteroatoms. The van der Waals surface area contributed by atoms with Crippen molar-refractivity contribution in [2.24, 2.45) is 11.8 Å². The second-order valence-corrected chi connectivity index (χ2v) is 7.50. The molecule has 0 unspecified atom stereocenters. The van der Waals surface area contributed by atoms with Crippen molar-refractivity contribution in [3.8, 4) is 11.5 Å². The Kier molecular flexibility index (Phi) is 4.49. The first-order chi connectivity index (χ1) is 12.6. The molecular formula is C22H21ClO3. The number of Topliss-reactive ketones (excluding diaryl/α,β-unsaturated/α-hetero) is 1. The van der Waals surface area contributed by atoms with E-state index in [2.05, 4.69) is 6.92 Å². The summed E-state index contributed by atoms with van der Waals surface area (Å²) in [6.45, 7) is 2.05. The highest BCUT2D eigenvalue weighted by atomic mass is 35.5. The molecule has 0 spiro atoms. The highest BCUT2D eigenvalue weighted by Crippen LogP contribution is 2.46. The number of ketones is 1. The van der Waals surface area contributed by atoms with Crippen LogP contribution in [0.3, 0.4) is 0 Å². The summed E-state index contributed by atoms with van der Waals surface area (Å²) in [7, 11) is 0. The minimum Gasteiger partial charge on any atom is -0.511 e. The van der Waals surface area contributed by atoms with Crippen LogP contribution >= 0.6 is 11.6 Å². The largest absolute Gasteiger partial charge is 0.511 e. The maximum atomic E-state index is 12.9. The molecule has 1 saturated carbocycles. The molecule has 3 nitrogen and oxygen atoms in total. The Labute approximate surface area is 158 Å². The number of allylic oxidation sites excluding steroid dienone is 2. The normalized spacial score (nSPS) is 22.0. The molecule has 0 aromatic heterocycles. The first kappa shape index (κ1) is 17.2. The van der Waals surface area contributed by atoms with E-state index >= 15 is 0 Å². The van der Waals surface area contributed by atoms with E-state index < -0.39 is 0 Å². The predicted octanol–water partition coefficient (Wildman–Crippen LogP) is 5.96. The van der Waals surface area contributed by atoms with Gasteiger partial charge in [-0.05, 0) is 73.2 Å². The lowest BCUT2D eigenvalue weighted by Gasteiger charge is -2.23. The van der Waals surface area contributed by atoms with Crippen molar-refractivity contribution in [1.82, 2.24) is 0 Å². The molecule has 1 fully saturated rings. The van der Waals surface area contributed by atoms with Crippen LogP contribution in [0.25, 0.3) is 5.57 Å². The average molecular weight is 369 g/mol. The van der Waals surface area contributed by atoms with Crippen LogP contribution in [0.1, 0.15) is 37.3 Å². The molecule has 2 aromatic rings. The number of hydrogen-bond acceptors (Lipinski definition) is 3. The summed E-state index contributed by atoms with van der Waals surface area (Å²) >= 11 is 5.92. The van der Waals surface area contributed by atoms with Gasteiger partial charge in [-0.1, -0.05) is 24.6 Å². The molecular weight excluding hydrogens is 348 g/mol. The van der Waals surface area contributed by atoms with Crippen molar-refractivity contribution in [1.29, 1.82) is 0 Å². The molecule has 2 atom stereocenters. The third-order valence-electron chi connectivity index (χ3n) is 5.47. The quantitative estimate of drug-likeness (QED) is 0.723. The van der Waals surface area contributed by atoms with Crippen LogP contribution in [0.15, 0.2) is 48.2 Å². The minimum absolute atomic E-state index is 0.0523. The topological polar surface area (TPSA) is 46.5 Å². The molecule has 2 aromatic carbocycles. The molecule has 1 N–H and O–H groups in total. The number of aliphatic hydroxyl groups excluding tert-OH is 1. The highest BCUT2D eigenvalue weighted by molar-refractivity contribution is 6.30. The van der Waals surface area contributed by atoms with Crippen molar-refractivity contribution in [2.75, 3.05) is 0 Å². The SMILES string of the molecule is CCc1ccc(Oc2ccc(Cl)cc2)cc1C1=C(O)[C@@H]2CC[C@@H](C2)C1=O. The van der Waals surface area contributed by atoms with E-state index in [-0.39, 0.29) is 23.4 Å². The lowest BCUT2D eigenvalue weighted by atomic mass is 9.81. The highest BCUT2D eigenvalue weighted by Gasteiger charge is 2.41. The second kappa shape index (κ2) is 6.81. The summed E-state index contributed by atoms with van der Waals surface area (Å²) in [6, 6.07) is 12.9. The van der Waals surface area contributed by atoms with E-state index in [4.69, 9.17) is 16.3 Å². The predicted molar refractivity (Wildman–Crippen MR) is 103 cm³/mol. The molecule has 0 amide bonds. The van der Waals surface area contributed by atoms with Crippen LogP contribution in [0.5, 0.6) is 11.5 Å². The number of carbonyl (C=O) groups is 1.